The zero-order chi connectivity index (χ0) is 20.4. The third-order valence-corrected chi connectivity index (χ3v) is 4.78. The Hall–Kier alpha value is -3.00. The van der Waals surface area contributed by atoms with Gasteiger partial charge in [0.25, 0.3) is 5.56 Å². The summed E-state index contributed by atoms with van der Waals surface area (Å²) in [4.78, 5) is 24.0. The zero-order valence-corrected chi connectivity index (χ0v) is 16.2. The molecule has 0 spiro atoms. The molecular formula is C20H14BrF2NO4. The first-order valence-electron chi connectivity index (χ1n) is 8.10. The summed E-state index contributed by atoms with van der Waals surface area (Å²) >= 11 is 3.19. The molecule has 3 aromatic rings. The number of nitrogens with zero attached hydrogens (tertiary/aromatic N) is 1. The molecule has 0 unspecified atom stereocenters. The van der Waals surface area contributed by atoms with Crippen molar-refractivity contribution in [3.63, 3.8) is 0 Å². The highest BCUT2D eigenvalue weighted by atomic mass is 79.9. The molecule has 0 aliphatic heterocycles. The molecule has 0 saturated carbocycles. The van der Waals surface area contributed by atoms with Crippen LogP contribution in [0.5, 0.6) is 5.75 Å². The highest BCUT2D eigenvalue weighted by Gasteiger charge is 2.15. The molecule has 28 heavy (non-hydrogen) atoms. The summed E-state index contributed by atoms with van der Waals surface area (Å²) in [5.41, 5.74) is 0.609. The summed E-state index contributed by atoms with van der Waals surface area (Å²) in [6.07, 6.45) is 0. The average Bonchev–Trinajstić information content (AvgIpc) is 2.65. The molecule has 0 atom stereocenters. The number of hydrogen-bond donors (Lipinski definition) is 1. The van der Waals surface area contributed by atoms with Crippen LogP contribution >= 0.6 is 15.9 Å². The Labute approximate surface area is 166 Å². The number of carbonyl (C=O) groups is 1. The van der Waals surface area contributed by atoms with Crippen LogP contribution < -0.4 is 10.3 Å². The van der Waals surface area contributed by atoms with E-state index in [1.165, 1.54) is 22.8 Å². The van der Waals surface area contributed by atoms with Crippen molar-refractivity contribution in [1.82, 2.24) is 4.57 Å². The van der Waals surface area contributed by atoms with Gasteiger partial charge >= 0.3 is 5.97 Å². The van der Waals surface area contributed by atoms with Crippen molar-refractivity contribution in [2.75, 3.05) is 0 Å². The number of benzene rings is 2. The number of carboxylic acid groups (broad SMARTS) is 1. The number of hydrogen-bond acceptors (Lipinski definition) is 3. The van der Waals surface area contributed by atoms with Crippen molar-refractivity contribution in [1.29, 1.82) is 0 Å². The molecule has 0 amide bonds. The first-order valence-corrected chi connectivity index (χ1v) is 8.90. The van der Waals surface area contributed by atoms with E-state index in [-0.39, 0.29) is 28.0 Å². The Kier molecular flexibility index (Phi) is 5.60. The molecule has 0 fully saturated rings. The van der Waals surface area contributed by atoms with Crippen LogP contribution in [0.4, 0.5) is 8.78 Å². The van der Waals surface area contributed by atoms with Gasteiger partial charge in [0.05, 0.1) is 5.56 Å². The fourth-order valence-corrected chi connectivity index (χ4v) is 3.09. The first-order chi connectivity index (χ1) is 13.3. The molecule has 1 N–H and O–H groups in total. The second-order valence-electron chi connectivity index (χ2n) is 5.98. The Morgan fingerprint density at radius 2 is 1.93 bits per heavy atom. The van der Waals surface area contributed by atoms with Crippen LogP contribution in [0, 0.1) is 18.6 Å². The Morgan fingerprint density at radius 1 is 1.18 bits per heavy atom. The lowest BCUT2D eigenvalue weighted by atomic mass is 10.2. The summed E-state index contributed by atoms with van der Waals surface area (Å²) in [7, 11) is 0. The number of pyridine rings is 1. The predicted octanol–water partition coefficient (Wildman–Crippen LogP) is 4.46. The summed E-state index contributed by atoms with van der Waals surface area (Å²) < 4.78 is 33.7. The lowest BCUT2D eigenvalue weighted by molar-refractivity contribution is 0.0697. The van der Waals surface area contributed by atoms with E-state index in [0.717, 1.165) is 12.1 Å². The van der Waals surface area contributed by atoms with Gasteiger partial charge in [0.1, 0.15) is 28.5 Å². The van der Waals surface area contributed by atoms with Crippen LogP contribution in [-0.4, -0.2) is 15.6 Å². The predicted molar refractivity (Wildman–Crippen MR) is 102 cm³/mol. The van der Waals surface area contributed by atoms with Crippen LogP contribution in [0.2, 0.25) is 0 Å². The van der Waals surface area contributed by atoms with Crippen LogP contribution in [0.1, 0.15) is 21.6 Å². The summed E-state index contributed by atoms with van der Waals surface area (Å²) in [5, 5.41) is 9.14. The molecule has 0 aliphatic carbocycles. The van der Waals surface area contributed by atoms with Gasteiger partial charge < -0.3 is 9.84 Å². The van der Waals surface area contributed by atoms with Gasteiger partial charge in [-0.05, 0) is 53.2 Å². The zero-order valence-electron chi connectivity index (χ0n) is 14.6. The molecule has 1 aromatic heterocycles. The number of aromatic carboxylic acids is 1. The molecule has 0 aliphatic rings. The number of rotatable bonds is 5. The van der Waals surface area contributed by atoms with Crippen molar-refractivity contribution in [2.24, 2.45) is 0 Å². The fraction of sp³-hybridized carbons (Fsp3) is 0.100. The first kappa shape index (κ1) is 19.8. The van der Waals surface area contributed by atoms with Crippen LogP contribution in [0.3, 0.4) is 0 Å². The molecule has 3 rings (SSSR count). The largest absolute Gasteiger partial charge is 0.487 e. The van der Waals surface area contributed by atoms with Crippen LogP contribution in [-0.2, 0) is 6.61 Å². The number of halogens is 3. The van der Waals surface area contributed by atoms with E-state index in [0.29, 0.717) is 11.4 Å². The van der Waals surface area contributed by atoms with Gasteiger partial charge in [-0.15, -0.1) is 0 Å². The van der Waals surface area contributed by atoms with Gasteiger partial charge in [-0.1, -0.05) is 6.07 Å². The Balaban J connectivity index is 1.95. The van der Waals surface area contributed by atoms with Gasteiger partial charge in [0.2, 0.25) is 0 Å². The molecule has 2 aromatic carbocycles. The number of carboxylic acids is 1. The number of aryl methyl sites for hydroxylation is 1. The molecule has 8 heteroatoms. The lowest BCUT2D eigenvalue weighted by Crippen LogP contribution is -2.22. The van der Waals surface area contributed by atoms with Crippen molar-refractivity contribution in [2.45, 2.75) is 13.5 Å². The third kappa shape index (κ3) is 3.96. The number of ether oxygens (including phenoxy) is 1. The molecule has 0 radical (unpaired) electrons. The normalized spacial score (nSPS) is 10.7. The van der Waals surface area contributed by atoms with Crippen molar-refractivity contribution in [3.05, 3.63) is 91.8 Å². The van der Waals surface area contributed by atoms with E-state index in [1.807, 2.05) is 0 Å². The minimum absolute atomic E-state index is 0.0482. The minimum atomic E-state index is -1.10. The second kappa shape index (κ2) is 7.93. The van der Waals surface area contributed by atoms with Gasteiger partial charge in [-0.2, -0.15) is 0 Å². The van der Waals surface area contributed by atoms with E-state index < -0.39 is 23.2 Å². The maximum atomic E-state index is 13.8. The van der Waals surface area contributed by atoms with E-state index in [2.05, 4.69) is 15.9 Å². The van der Waals surface area contributed by atoms with Gasteiger partial charge in [0.15, 0.2) is 0 Å². The standard InChI is InChI=1S/C20H14BrF2NO4/c1-11-7-17(28-10-13-5-6-14(22)9-16(13)23)18(21)19(25)24(11)15-4-2-3-12(8-15)20(26)27/h2-9H,10H2,1H3,(H,26,27). The molecular weight excluding hydrogens is 436 g/mol. The quantitative estimate of drug-likeness (QED) is 0.623. The number of aromatic nitrogens is 1. The van der Waals surface area contributed by atoms with Gasteiger partial charge in [0, 0.05) is 29.1 Å². The highest BCUT2D eigenvalue weighted by Crippen LogP contribution is 2.25. The van der Waals surface area contributed by atoms with E-state index in [1.54, 1.807) is 25.1 Å². The lowest BCUT2D eigenvalue weighted by Gasteiger charge is -2.15. The molecule has 0 bridgehead atoms. The molecule has 1 heterocycles. The minimum Gasteiger partial charge on any atom is -0.487 e. The summed E-state index contributed by atoms with van der Waals surface area (Å²) in [6.45, 7) is 1.47. The second-order valence-corrected chi connectivity index (χ2v) is 6.78. The van der Waals surface area contributed by atoms with Gasteiger partial charge in [-0.3, -0.25) is 9.36 Å². The van der Waals surface area contributed by atoms with Crippen LogP contribution in [0.25, 0.3) is 5.69 Å². The Morgan fingerprint density at radius 3 is 2.61 bits per heavy atom. The smallest absolute Gasteiger partial charge is 0.335 e. The fourth-order valence-electron chi connectivity index (χ4n) is 2.68. The maximum Gasteiger partial charge on any atom is 0.335 e. The van der Waals surface area contributed by atoms with E-state index >= 15 is 0 Å². The average molecular weight is 450 g/mol. The summed E-state index contributed by atoms with van der Waals surface area (Å²) in [6, 6.07) is 10.7. The topological polar surface area (TPSA) is 68.5 Å². The Bertz CT molecular complexity index is 1130. The highest BCUT2D eigenvalue weighted by molar-refractivity contribution is 9.10. The monoisotopic (exact) mass is 449 g/mol. The molecule has 5 nitrogen and oxygen atoms in total. The van der Waals surface area contributed by atoms with Gasteiger partial charge in [-0.25, -0.2) is 13.6 Å². The van der Waals surface area contributed by atoms with Crippen LogP contribution in [0.15, 0.2) is 57.8 Å². The van der Waals surface area contributed by atoms with Crippen molar-refractivity contribution < 1.29 is 23.4 Å². The molecule has 0 saturated heterocycles. The van der Waals surface area contributed by atoms with E-state index in [9.17, 15) is 18.4 Å². The maximum absolute atomic E-state index is 13.8. The van der Waals surface area contributed by atoms with E-state index in [4.69, 9.17) is 9.84 Å². The SMILES string of the molecule is Cc1cc(OCc2ccc(F)cc2F)c(Br)c(=O)n1-c1cccc(C(=O)O)c1. The van der Waals surface area contributed by atoms with Crippen molar-refractivity contribution in [3.8, 4) is 11.4 Å². The van der Waals surface area contributed by atoms with Crippen molar-refractivity contribution >= 4 is 21.9 Å². The summed E-state index contributed by atoms with van der Waals surface area (Å²) in [5.74, 6) is -2.35. The third-order valence-electron chi connectivity index (χ3n) is 4.05. The molecule has 144 valence electrons.